The van der Waals surface area contributed by atoms with Gasteiger partial charge in [0, 0.05) is 18.6 Å². The maximum absolute atomic E-state index is 12.2. The molecule has 0 bridgehead atoms. The van der Waals surface area contributed by atoms with Crippen molar-refractivity contribution < 1.29 is 4.79 Å². The number of rotatable bonds is 7. The number of carbonyl (C=O) groups is 1. The predicted molar refractivity (Wildman–Crippen MR) is 80.2 cm³/mol. The minimum Gasteiger partial charge on any atom is -0.352 e. The third-order valence-electron chi connectivity index (χ3n) is 4.06. The van der Waals surface area contributed by atoms with E-state index in [4.69, 9.17) is 0 Å². The normalized spacial score (nSPS) is 23.9. The fourth-order valence-electron chi connectivity index (χ4n) is 2.50. The first-order valence-corrected chi connectivity index (χ1v) is 7.86. The van der Waals surface area contributed by atoms with Crippen LogP contribution in [-0.2, 0) is 4.79 Å². The van der Waals surface area contributed by atoms with Crippen molar-refractivity contribution in [3.8, 4) is 0 Å². The summed E-state index contributed by atoms with van der Waals surface area (Å²) < 4.78 is 0. The Hall–Kier alpha value is -0.610. The number of nitrogens with one attached hydrogen (secondary N) is 2. The van der Waals surface area contributed by atoms with Gasteiger partial charge in [0.15, 0.2) is 0 Å². The van der Waals surface area contributed by atoms with E-state index in [2.05, 4.69) is 36.3 Å². The number of amides is 1. The van der Waals surface area contributed by atoms with Crippen molar-refractivity contribution in [2.75, 3.05) is 19.6 Å². The van der Waals surface area contributed by atoms with E-state index in [1.807, 2.05) is 6.92 Å². The van der Waals surface area contributed by atoms with E-state index >= 15 is 0 Å². The van der Waals surface area contributed by atoms with Gasteiger partial charge in [0.2, 0.25) is 5.91 Å². The highest BCUT2D eigenvalue weighted by atomic mass is 16.2. The van der Waals surface area contributed by atoms with Crippen LogP contribution in [0.15, 0.2) is 0 Å². The Balaban J connectivity index is 2.42. The lowest BCUT2D eigenvalue weighted by Crippen LogP contribution is -2.54. The van der Waals surface area contributed by atoms with Crippen molar-refractivity contribution in [1.29, 1.82) is 0 Å². The Bertz CT molecular complexity index is 270. The molecule has 1 aliphatic heterocycles. The summed E-state index contributed by atoms with van der Waals surface area (Å²) in [7, 11) is 0. The third-order valence-corrected chi connectivity index (χ3v) is 4.06. The standard InChI is InChI=1S/C15H31N3O/c1-5-9-16-14-8-7-10-18(11-14)13(4)15(19)17-12(3)6-2/h12-14,16H,5-11H2,1-4H3,(H,17,19). The van der Waals surface area contributed by atoms with Crippen LogP contribution in [-0.4, -0.2) is 48.6 Å². The second-order valence-electron chi connectivity index (χ2n) is 5.78. The van der Waals surface area contributed by atoms with Gasteiger partial charge in [-0.05, 0) is 52.6 Å². The highest BCUT2D eigenvalue weighted by Gasteiger charge is 2.27. The fourth-order valence-corrected chi connectivity index (χ4v) is 2.50. The quantitative estimate of drug-likeness (QED) is 0.740. The first-order chi connectivity index (χ1) is 9.08. The molecule has 0 aromatic rings. The number of likely N-dealkylation sites (tertiary alicyclic amines) is 1. The highest BCUT2D eigenvalue weighted by molar-refractivity contribution is 5.81. The molecule has 19 heavy (non-hydrogen) atoms. The van der Waals surface area contributed by atoms with Crippen molar-refractivity contribution in [1.82, 2.24) is 15.5 Å². The van der Waals surface area contributed by atoms with Gasteiger partial charge in [0.05, 0.1) is 6.04 Å². The van der Waals surface area contributed by atoms with E-state index in [9.17, 15) is 4.79 Å². The molecular weight excluding hydrogens is 238 g/mol. The first-order valence-electron chi connectivity index (χ1n) is 7.86. The van der Waals surface area contributed by atoms with Crippen molar-refractivity contribution in [2.45, 2.75) is 71.5 Å². The molecule has 0 radical (unpaired) electrons. The largest absolute Gasteiger partial charge is 0.352 e. The van der Waals surface area contributed by atoms with E-state index in [1.54, 1.807) is 0 Å². The van der Waals surface area contributed by atoms with Crippen LogP contribution in [0.1, 0.15) is 53.4 Å². The molecular formula is C15H31N3O. The van der Waals surface area contributed by atoms with Crippen LogP contribution >= 0.6 is 0 Å². The van der Waals surface area contributed by atoms with Crippen LogP contribution < -0.4 is 10.6 Å². The molecule has 1 aliphatic rings. The van der Waals surface area contributed by atoms with Crippen LogP contribution in [0.2, 0.25) is 0 Å². The van der Waals surface area contributed by atoms with Gasteiger partial charge >= 0.3 is 0 Å². The lowest BCUT2D eigenvalue weighted by molar-refractivity contribution is -0.127. The molecule has 3 atom stereocenters. The maximum atomic E-state index is 12.2. The van der Waals surface area contributed by atoms with Crippen molar-refractivity contribution in [2.24, 2.45) is 0 Å². The van der Waals surface area contributed by atoms with Crippen molar-refractivity contribution in [3.05, 3.63) is 0 Å². The van der Waals surface area contributed by atoms with E-state index in [-0.39, 0.29) is 18.0 Å². The monoisotopic (exact) mass is 269 g/mol. The van der Waals surface area contributed by atoms with E-state index in [0.717, 1.165) is 26.1 Å². The van der Waals surface area contributed by atoms with Crippen LogP contribution in [0.4, 0.5) is 0 Å². The summed E-state index contributed by atoms with van der Waals surface area (Å²) in [5.74, 6) is 0.172. The van der Waals surface area contributed by atoms with Gasteiger partial charge in [-0.15, -0.1) is 0 Å². The average molecular weight is 269 g/mol. The zero-order chi connectivity index (χ0) is 14.3. The summed E-state index contributed by atoms with van der Waals surface area (Å²) in [6.45, 7) is 11.5. The first kappa shape index (κ1) is 16.4. The summed E-state index contributed by atoms with van der Waals surface area (Å²) in [5.41, 5.74) is 0. The highest BCUT2D eigenvalue weighted by Crippen LogP contribution is 2.13. The average Bonchev–Trinajstić information content (AvgIpc) is 2.44. The molecule has 112 valence electrons. The molecule has 4 nitrogen and oxygen atoms in total. The predicted octanol–water partition coefficient (Wildman–Crippen LogP) is 1.75. The molecule has 2 N–H and O–H groups in total. The molecule has 1 heterocycles. The van der Waals surface area contributed by atoms with Gasteiger partial charge in [-0.3, -0.25) is 9.69 Å². The second kappa shape index (κ2) is 8.54. The Morgan fingerprint density at radius 3 is 2.74 bits per heavy atom. The molecule has 1 saturated heterocycles. The van der Waals surface area contributed by atoms with Gasteiger partial charge in [0.1, 0.15) is 0 Å². The second-order valence-corrected chi connectivity index (χ2v) is 5.78. The molecule has 1 amide bonds. The third kappa shape index (κ3) is 5.49. The molecule has 0 aromatic carbocycles. The summed E-state index contributed by atoms with van der Waals surface area (Å²) >= 11 is 0. The maximum Gasteiger partial charge on any atom is 0.237 e. The van der Waals surface area contributed by atoms with Crippen LogP contribution in [0.3, 0.4) is 0 Å². The van der Waals surface area contributed by atoms with E-state index in [0.29, 0.717) is 6.04 Å². The van der Waals surface area contributed by atoms with E-state index in [1.165, 1.54) is 19.3 Å². The van der Waals surface area contributed by atoms with Gasteiger partial charge in [-0.1, -0.05) is 13.8 Å². The lowest BCUT2D eigenvalue weighted by atomic mass is 10.0. The number of nitrogens with zero attached hydrogens (tertiary/aromatic N) is 1. The van der Waals surface area contributed by atoms with Gasteiger partial charge in [-0.2, -0.15) is 0 Å². The Kier molecular flexibility index (Phi) is 7.39. The Morgan fingerprint density at radius 1 is 1.37 bits per heavy atom. The molecule has 3 unspecified atom stereocenters. The van der Waals surface area contributed by atoms with Crippen LogP contribution in [0.5, 0.6) is 0 Å². The van der Waals surface area contributed by atoms with Gasteiger partial charge in [-0.25, -0.2) is 0 Å². The van der Waals surface area contributed by atoms with Crippen molar-refractivity contribution in [3.63, 3.8) is 0 Å². The zero-order valence-corrected chi connectivity index (χ0v) is 13.0. The summed E-state index contributed by atoms with van der Waals surface area (Å²) in [4.78, 5) is 14.5. The van der Waals surface area contributed by atoms with E-state index < -0.39 is 0 Å². The Morgan fingerprint density at radius 2 is 2.11 bits per heavy atom. The van der Waals surface area contributed by atoms with Crippen LogP contribution in [0, 0.1) is 0 Å². The topological polar surface area (TPSA) is 44.4 Å². The number of carbonyl (C=O) groups excluding carboxylic acids is 1. The summed E-state index contributed by atoms with van der Waals surface area (Å²) in [6.07, 6.45) is 4.57. The number of hydrogen-bond donors (Lipinski definition) is 2. The number of hydrogen-bond acceptors (Lipinski definition) is 3. The van der Waals surface area contributed by atoms with Gasteiger partial charge in [0.25, 0.3) is 0 Å². The smallest absolute Gasteiger partial charge is 0.237 e. The molecule has 0 aliphatic carbocycles. The minimum absolute atomic E-state index is 0.0137. The minimum atomic E-state index is -0.0137. The van der Waals surface area contributed by atoms with Gasteiger partial charge < -0.3 is 10.6 Å². The van der Waals surface area contributed by atoms with Crippen molar-refractivity contribution >= 4 is 5.91 Å². The summed E-state index contributed by atoms with van der Waals surface area (Å²) in [6, 6.07) is 0.807. The Labute approximate surface area is 118 Å². The zero-order valence-electron chi connectivity index (χ0n) is 13.0. The fraction of sp³-hybridized carbons (Fsp3) is 0.933. The molecule has 4 heteroatoms. The molecule has 1 fully saturated rings. The molecule has 0 spiro atoms. The number of piperidine rings is 1. The SMILES string of the molecule is CCCNC1CCCN(C(C)C(=O)NC(C)CC)C1. The van der Waals surface area contributed by atoms with Crippen LogP contribution in [0.25, 0.3) is 0 Å². The molecule has 0 saturated carbocycles. The summed E-state index contributed by atoms with van der Waals surface area (Å²) in [5, 5.41) is 6.66. The lowest BCUT2D eigenvalue weighted by Gasteiger charge is -2.36. The molecule has 1 rings (SSSR count). The molecule has 0 aromatic heterocycles.